The molecule has 4 atom stereocenters. The second-order valence-corrected chi connectivity index (χ2v) is 19.9. The molecule has 2 aromatic carbocycles. The fourth-order valence-electron chi connectivity index (χ4n) is 7.84. The molecule has 18 heteroatoms. The average Bonchev–Trinajstić information content (AvgIpc) is 3.58. The number of sulfonamides is 1. The van der Waals surface area contributed by atoms with E-state index in [1.54, 1.807) is 48.4 Å². The van der Waals surface area contributed by atoms with Crippen LogP contribution < -0.4 is 36.6 Å². The fraction of sp³-hybridized carbons (Fsp3) is 0.489. The molecule has 16 nitrogen and oxygen atoms in total. The van der Waals surface area contributed by atoms with Crippen molar-refractivity contribution in [1.29, 1.82) is 0 Å². The maximum atomic E-state index is 12.5. The molecule has 352 valence electrons. The van der Waals surface area contributed by atoms with Crippen LogP contribution in [0.2, 0.25) is 0 Å². The lowest BCUT2D eigenvalue weighted by Gasteiger charge is -2.26. The lowest BCUT2D eigenvalue weighted by atomic mass is 10.00. The van der Waals surface area contributed by atoms with Crippen LogP contribution in [-0.2, 0) is 29.2 Å². The highest BCUT2D eigenvalue weighted by atomic mass is 32.2. The highest BCUT2D eigenvalue weighted by Gasteiger charge is 2.42. The number of benzene rings is 2. The van der Waals surface area contributed by atoms with E-state index in [2.05, 4.69) is 56.6 Å². The molecular weight excluding hydrogens is 869 g/mol. The third kappa shape index (κ3) is 14.9. The van der Waals surface area contributed by atoms with E-state index in [9.17, 15) is 32.4 Å². The van der Waals surface area contributed by atoms with Crippen molar-refractivity contribution in [2.45, 2.75) is 115 Å². The van der Waals surface area contributed by atoms with Crippen molar-refractivity contribution in [2.75, 3.05) is 30.8 Å². The van der Waals surface area contributed by atoms with Crippen LogP contribution >= 0.6 is 11.3 Å². The normalized spacial score (nSPS) is 20.1. The molecule has 4 heterocycles. The number of methoxy groups -OCH3 is 1. The average molecular weight is 933 g/mol. The number of nitrogens with one attached hydrogen (secondary N) is 5. The molecule has 2 fully saturated rings. The minimum absolute atomic E-state index is 0.0298. The summed E-state index contributed by atoms with van der Waals surface area (Å²) in [4.78, 5) is 68.7. The van der Waals surface area contributed by atoms with Gasteiger partial charge in [-0.1, -0.05) is 44.6 Å². The topological polar surface area (TPSA) is 235 Å². The third-order valence-electron chi connectivity index (χ3n) is 11.0. The standard InChI is InChI=1S/C17H22N2O3S.C16H17N3O2S.C14H25N3O3/c20-17-14-12-13(14)8-4-2-1-3-7-11-18-15-9-5-6-10-16(15)23(21,22)19-17;1-9(2)17-16-19-14(8-22-16)13-7-15(20)11-5-4-10(21-3)6-12(11)18-13;1-9(2)7-11(16-10(3)18)8-13(19)17-6-4-5-12(17)14(15)20/h4-6,8-10,13-14,18H,1-3,7,11-12H2,(H,19,20);4-9H,1-3H3,(H,17,19)(H,18,20);9,11-12H,4-8H2,1-3H3,(H2,15,20)(H,16,18)/b8-4-;;/t13-,14+;;11-,12-/m1.0/s1. The van der Waals surface area contributed by atoms with Crippen LogP contribution in [0.15, 0.2) is 75.8 Å². The molecule has 3 aliphatic rings. The largest absolute Gasteiger partial charge is 0.497 e. The first-order chi connectivity index (χ1) is 30.9. The number of primary amides is 1. The summed E-state index contributed by atoms with van der Waals surface area (Å²) in [6, 6.07) is 13.3. The van der Waals surface area contributed by atoms with Gasteiger partial charge in [0.05, 0.1) is 29.7 Å². The van der Waals surface area contributed by atoms with Gasteiger partial charge in [-0.05, 0) is 94.9 Å². The third-order valence-corrected chi connectivity index (χ3v) is 13.2. The first-order valence-electron chi connectivity index (χ1n) is 22.3. The number of ether oxygens (including phenoxy) is 1. The monoisotopic (exact) mass is 932 g/mol. The number of amides is 4. The second kappa shape index (κ2) is 23.4. The van der Waals surface area contributed by atoms with Crippen LogP contribution in [0, 0.1) is 17.8 Å². The number of nitrogens with zero attached hydrogens (tertiary/aromatic N) is 2. The second-order valence-electron chi connectivity index (χ2n) is 17.4. The molecule has 0 spiro atoms. The summed E-state index contributed by atoms with van der Waals surface area (Å²) in [6.45, 7) is 10.9. The van der Waals surface area contributed by atoms with E-state index in [1.165, 1.54) is 24.3 Å². The Balaban J connectivity index is 0.000000184. The van der Waals surface area contributed by atoms with Crippen molar-refractivity contribution in [3.63, 3.8) is 0 Å². The number of allylic oxidation sites excluding steroid dienone is 2. The molecule has 1 saturated heterocycles. The zero-order chi connectivity index (χ0) is 47.3. The van der Waals surface area contributed by atoms with E-state index < -0.39 is 27.9 Å². The molecule has 0 radical (unpaired) electrons. The number of hydrogen-bond acceptors (Lipinski definition) is 12. The summed E-state index contributed by atoms with van der Waals surface area (Å²) in [5, 5.41) is 12.7. The molecule has 4 aromatic rings. The number of carbonyl (C=O) groups excluding carboxylic acids is 4. The molecule has 1 aliphatic carbocycles. The number of hydrogen-bond donors (Lipinski definition) is 6. The van der Waals surface area contributed by atoms with E-state index in [0.717, 1.165) is 67.8 Å². The maximum absolute atomic E-state index is 12.5. The van der Waals surface area contributed by atoms with Gasteiger partial charge in [-0.15, -0.1) is 11.3 Å². The summed E-state index contributed by atoms with van der Waals surface area (Å²) in [7, 11) is -2.24. The SMILES string of the molecule is CC(=O)N[C@H](CC(=O)N1CCC[C@H]1C(N)=O)CC(C)C.COc1ccc2c(=O)cc(-c3csc(NC(C)C)n3)[nH]c2c1.O=C1NS(=O)(=O)c2ccccc2NCCCCC/C=C\[C@@H]2C[C@H]12. The zero-order valence-corrected chi connectivity index (χ0v) is 39.8. The van der Waals surface area contributed by atoms with Gasteiger partial charge >= 0.3 is 0 Å². The predicted molar refractivity (Wildman–Crippen MR) is 256 cm³/mol. The van der Waals surface area contributed by atoms with Crippen molar-refractivity contribution in [2.24, 2.45) is 23.5 Å². The molecule has 0 unspecified atom stereocenters. The van der Waals surface area contributed by atoms with Crippen LogP contribution in [0.25, 0.3) is 22.3 Å². The van der Waals surface area contributed by atoms with Crippen molar-refractivity contribution < 1.29 is 32.3 Å². The Labute approximate surface area is 385 Å². The van der Waals surface area contributed by atoms with Crippen molar-refractivity contribution in [3.8, 4) is 17.1 Å². The number of thiazole rings is 1. The summed E-state index contributed by atoms with van der Waals surface area (Å²) in [5.74, 6) is -0.0389. The highest BCUT2D eigenvalue weighted by molar-refractivity contribution is 7.90. The fourth-order valence-corrected chi connectivity index (χ4v) is 9.91. The lowest BCUT2D eigenvalue weighted by molar-refractivity contribution is -0.138. The molecule has 2 aromatic heterocycles. The van der Waals surface area contributed by atoms with Crippen LogP contribution in [0.5, 0.6) is 5.75 Å². The number of nitrogens with two attached hydrogens (primary N) is 1. The Bertz CT molecular complexity index is 2480. The Morgan fingerprint density at radius 3 is 2.51 bits per heavy atom. The van der Waals surface area contributed by atoms with Gasteiger partial charge < -0.3 is 36.3 Å². The van der Waals surface area contributed by atoms with Gasteiger partial charge in [-0.3, -0.25) is 24.0 Å². The molecular formula is C47H64N8O8S2. The number of fused-ring (bicyclic) bond motifs is 3. The number of pyridine rings is 1. The van der Waals surface area contributed by atoms with E-state index in [4.69, 9.17) is 10.5 Å². The summed E-state index contributed by atoms with van der Waals surface area (Å²) in [5.41, 5.74) is 8.05. The Morgan fingerprint density at radius 1 is 1.03 bits per heavy atom. The van der Waals surface area contributed by atoms with E-state index >= 15 is 0 Å². The van der Waals surface area contributed by atoms with Gasteiger partial charge in [0, 0.05) is 67.3 Å². The molecule has 1 saturated carbocycles. The minimum atomic E-state index is -3.84. The number of aromatic nitrogens is 2. The van der Waals surface area contributed by atoms with Crippen LogP contribution in [0.4, 0.5) is 10.8 Å². The smallest absolute Gasteiger partial charge is 0.266 e. The first-order valence-corrected chi connectivity index (χ1v) is 24.7. The van der Waals surface area contributed by atoms with Gasteiger partial charge in [0.15, 0.2) is 10.6 Å². The number of rotatable bonds is 10. The van der Waals surface area contributed by atoms with Crippen molar-refractivity contribution >= 4 is 66.7 Å². The minimum Gasteiger partial charge on any atom is -0.497 e. The van der Waals surface area contributed by atoms with Crippen molar-refractivity contribution in [3.05, 3.63) is 76.3 Å². The molecule has 2 aliphatic heterocycles. The van der Waals surface area contributed by atoms with E-state index in [1.807, 2.05) is 25.3 Å². The van der Waals surface area contributed by atoms with Gasteiger partial charge in [0.25, 0.3) is 10.0 Å². The highest BCUT2D eigenvalue weighted by Crippen LogP contribution is 2.40. The van der Waals surface area contributed by atoms with Gasteiger partial charge in [0.2, 0.25) is 23.6 Å². The number of para-hydroxylation sites is 1. The summed E-state index contributed by atoms with van der Waals surface area (Å²) in [6.07, 6.45) is 11.5. The number of H-pyrrole nitrogens is 1. The Morgan fingerprint density at radius 2 is 1.80 bits per heavy atom. The lowest BCUT2D eigenvalue weighted by Crippen LogP contribution is -2.46. The van der Waals surface area contributed by atoms with Crippen molar-refractivity contribution in [1.82, 2.24) is 24.9 Å². The molecule has 65 heavy (non-hydrogen) atoms. The zero-order valence-electron chi connectivity index (χ0n) is 38.1. The van der Waals surface area contributed by atoms with Crippen LogP contribution in [0.1, 0.15) is 92.4 Å². The predicted octanol–water partition coefficient (Wildman–Crippen LogP) is 6.55. The van der Waals surface area contributed by atoms with Crippen LogP contribution in [0.3, 0.4) is 0 Å². The molecule has 4 amide bonds. The Kier molecular flexibility index (Phi) is 18.1. The Hall–Kier alpha value is -5.75. The van der Waals surface area contributed by atoms with Crippen LogP contribution in [-0.4, -0.2) is 85.2 Å². The van der Waals surface area contributed by atoms with Gasteiger partial charge in [-0.25, -0.2) is 18.1 Å². The molecule has 0 bridgehead atoms. The first kappa shape index (κ1) is 50.3. The number of likely N-dealkylation sites (tertiary alicyclic amines) is 1. The van der Waals surface area contributed by atoms with Gasteiger partial charge in [-0.2, -0.15) is 0 Å². The number of anilines is 2. The number of aromatic amines is 1. The quantitative estimate of drug-likeness (QED) is 0.0933. The number of carbonyl (C=O) groups is 4. The maximum Gasteiger partial charge on any atom is 0.266 e. The van der Waals surface area contributed by atoms with E-state index in [0.29, 0.717) is 47.4 Å². The van der Waals surface area contributed by atoms with Gasteiger partial charge in [0.1, 0.15) is 16.7 Å². The molecule has 7 rings (SSSR count). The van der Waals surface area contributed by atoms with E-state index in [-0.39, 0.29) is 46.4 Å². The summed E-state index contributed by atoms with van der Waals surface area (Å²) < 4.78 is 32.5. The molecule has 7 N–H and O–H groups in total. The summed E-state index contributed by atoms with van der Waals surface area (Å²) >= 11 is 1.52.